The van der Waals surface area contributed by atoms with Crippen LogP contribution in [0.5, 0.6) is 5.75 Å². The molecule has 0 bridgehead atoms. The highest BCUT2D eigenvalue weighted by atomic mass is 16.5. The average molecular weight is 341 g/mol. The molecular weight excluding hydrogens is 318 g/mol. The third-order valence-corrected chi connectivity index (χ3v) is 4.93. The van der Waals surface area contributed by atoms with E-state index in [4.69, 9.17) is 9.26 Å². The van der Waals surface area contributed by atoms with Gasteiger partial charge in [-0.05, 0) is 30.0 Å². The van der Waals surface area contributed by atoms with Gasteiger partial charge in [0, 0.05) is 18.9 Å². The van der Waals surface area contributed by atoms with Gasteiger partial charge in [0.05, 0.1) is 19.1 Å². The molecule has 6 heteroatoms. The summed E-state index contributed by atoms with van der Waals surface area (Å²) in [5, 5.41) is 4.11. The molecule has 25 heavy (non-hydrogen) atoms. The van der Waals surface area contributed by atoms with E-state index in [0.717, 1.165) is 43.7 Å². The van der Waals surface area contributed by atoms with Crippen LogP contribution in [0, 0.1) is 0 Å². The summed E-state index contributed by atoms with van der Waals surface area (Å²) in [7, 11) is 0. The van der Waals surface area contributed by atoms with Crippen molar-refractivity contribution in [3.05, 3.63) is 41.0 Å². The summed E-state index contributed by atoms with van der Waals surface area (Å²) in [6.07, 6.45) is 3.18. The number of benzene rings is 1. The summed E-state index contributed by atoms with van der Waals surface area (Å²) >= 11 is 0. The molecule has 1 aromatic carbocycles. The normalized spacial score (nSPS) is 19.3. The van der Waals surface area contributed by atoms with Gasteiger partial charge in [-0.25, -0.2) is 0 Å². The van der Waals surface area contributed by atoms with Gasteiger partial charge in [0.25, 0.3) is 0 Å². The summed E-state index contributed by atoms with van der Waals surface area (Å²) < 4.78 is 10.9. The lowest BCUT2D eigenvalue weighted by molar-refractivity contribution is -0.131. The summed E-state index contributed by atoms with van der Waals surface area (Å²) in [5.74, 6) is 2.53. The second kappa shape index (κ2) is 6.50. The number of hydrogen-bond donors (Lipinski definition) is 0. The first kappa shape index (κ1) is 16.1. The maximum Gasteiger partial charge on any atom is 0.229 e. The van der Waals surface area contributed by atoms with Crippen molar-refractivity contribution in [1.82, 2.24) is 15.0 Å². The number of rotatable bonds is 4. The van der Waals surface area contributed by atoms with Crippen LogP contribution in [0.15, 0.2) is 22.7 Å². The van der Waals surface area contributed by atoms with Gasteiger partial charge in [-0.1, -0.05) is 31.1 Å². The number of likely N-dealkylation sites (tertiary alicyclic amines) is 1. The first-order valence-corrected chi connectivity index (χ1v) is 8.99. The van der Waals surface area contributed by atoms with E-state index in [2.05, 4.69) is 16.2 Å². The largest absolute Gasteiger partial charge is 0.493 e. The zero-order chi connectivity index (χ0) is 17.4. The molecule has 2 aliphatic rings. The van der Waals surface area contributed by atoms with Crippen LogP contribution in [-0.4, -0.2) is 34.1 Å². The molecule has 1 fully saturated rings. The lowest BCUT2D eigenvalue weighted by Crippen LogP contribution is -2.32. The van der Waals surface area contributed by atoms with E-state index in [1.165, 1.54) is 5.56 Å². The van der Waals surface area contributed by atoms with Crippen LogP contribution in [0.4, 0.5) is 0 Å². The number of amides is 1. The maximum atomic E-state index is 12.8. The van der Waals surface area contributed by atoms with E-state index in [1.54, 1.807) is 0 Å². The van der Waals surface area contributed by atoms with E-state index in [-0.39, 0.29) is 17.9 Å². The lowest BCUT2D eigenvalue weighted by Gasteiger charge is -2.22. The average Bonchev–Trinajstić information content (AvgIpc) is 3.33. The summed E-state index contributed by atoms with van der Waals surface area (Å²) in [6, 6.07) is 5.98. The van der Waals surface area contributed by atoms with E-state index in [0.29, 0.717) is 18.1 Å². The number of fused-ring (bicyclic) bond motifs is 1. The molecule has 4 rings (SSSR count). The predicted molar refractivity (Wildman–Crippen MR) is 91.4 cm³/mol. The molecular formula is C19H23N3O3. The quantitative estimate of drug-likeness (QED) is 0.855. The van der Waals surface area contributed by atoms with Gasteiger partial charge < -0.3 is 14.2 Å². The highest BCUT2D eigenvalue weighted by Crippen LogP contribution is 2.32. The fraction of sp³-hybridized carbons (Fsp3) is 0.526. The maximum absolute atomic E-state index is 12.8. The van der Waals surface area contributed by atoms with Gasteiger partial charge >= 0.3 is 0 Å². The first-order chi connectivity index (χ1) is 12.1. The van der Waals surface area contributed by atoms with Gasteiger partial charge in [-0.2, -0.15) is 4.98 Å². The summed E-state index contributed by atoms with van der Waals surface area (Å²) in [5.41, 5.74) is 2.24. The molecule has 0 saturated carbocycles. The zero-order valence-corrected chi connectivity index (χ0v) is 14.7. The molecule has 2 aromatic rings. The number of carbonyl (C=O) groups excluding carboxylic acids is 1. The Bertz CT molecular complexity index is 784. The third-order valence-electron chi connectivity index (χ3n) is 4.93. The van der Waals surface area contributed by atoms with E-state index < -0.39 is 0 Å². The Labute approximate surface area is 147 Å². The molecule has 2 aliphatic heterocycles. The molecule has 1 atom stereocenters. The lowest BCUT2D eigenvalue weighted by atomic mass is 10.1. The van der Waals surface area contributed by atoms with Crippen molar-refractivity contribution in [2.24, 2.45) is 0 Å². The van der Waals surface area contributed by atoms with Crippen LogP contribution in [0.2, 0.25) is 0 Å². The van der Waals surface area contributed by atoms with Crippen LogP contribution >= 0.6 is 0 Å². The van der Waals surface area contributed by atoms with E-state index in [1.807, 2.05) is 30.9 Å². The van der Waals surface area contributed by atoms with E-state index in [9.17, 15) is 4.79 Å². The molecule has 6 nitrogen and oxygen atoms in total. The monoisotopic (exact) mass is 341 g/mol. The van der Waals surface area contributed by atoms with Crippen LogP contribution in [0.3, 0.4) is 0 Å². The molecule has 132 valence electrons. The van der Waals surface area contributed by atoms with Crippen molar-refractivity contribution >= 4 is 5.91 Å². The number of carbonyl (C=O) groups is 1. The van der Waals surface area contributed by atoms with Crippen molar-refractivity contribution in [2.75, 3.05) is 13.2 Å². The van der Waals surface area contributed by atoms with Crippen LogP contribution in [-0.2, 0) is 17.6 Å². The van der Waals surface area contributed by atoms with Crippen LogP contribution in [0.1, 0.15) is 61.5 Å². The molecule has 0 spiro atoms. The zero-order valence-electron chi connectivity index (χ0n) is 14.7. The molecule has 0 N–H and O–H groups in total. The number of nitrogens with zero attached hydrogens (tertiary/aromatic N) is 3. The van der Waals surface area contributed by atoms with Gasteiger partial charge in [0.2, 0.25) is 11.8 Å². The highest BCUT2D eigenvalue weighted by molar-refractivity contribution is 5.79. The summed E-state index contributed by atoms with van der Waals surface area (Å²) in [4.78, 5) is 19.2. The van der Waals surface area contributed by atoms with Crippen molar-refractivity contribution in [3.8, 4) is 5.75 Å². The molecule has 3 heterocycles. The number of aromatic nitrogens is 2. The molecule has 1 aromatic heterocycles. The Kier molecular flexibility index (Phi) is 4.19. The minimum absolute atomic E-state index is 0.0680. The first-order valence-electron chi connectivity index (χ1n) is 8.99. The SMILES string of the molecule is CC(C)c1nc([C@@H]2CCCN2C(=O)Cc2ccc3c(c2)CCO3)no1. The highest BCUT2D eigenvalue weighted by Gasteiger charge is 2.33. The van der Waals surface area contributed by atoms with Crippen LogP contribution < -0.4 is 4.74 Å². The Balaban J connectivity index is 1.48. The fourth-order valence-corrected chi connectivity index (χ4v) is 3.58. The molecule has 0 radical (unpaired) electrons. The van der Waals surface area contributed by atoms with Crippen molar-refractivity contribution in [1.29, 1.82) is 0 Å². The Morgan fingerprint density at radius 1 is 1.40 bits per heavy atom. The topological polar surface area (TPSA) is 68.5 Å². The molecule has 0 unspecified atom stereocenters. The second-order valence-electron chi connectivity index (χ2n) is 7.11. The second-order valence-corrected chi connectivity index (χ2v) is 7.11. The van der Waals surface area contributed by atoms with Gasteiger partial charge in [0.1, 0.15) is 5.75 Å². The Hall–Kier alpha value is -2.37. The van der Waals surface area contributed by atoms with Crippen molar-refractivity contribution in [2.45, 2.75) is 51.5 Å². The third kappa shape index (κ3) is 3.13. The Morgan fingerprint density at radius 2 is 2.28 bits per heavy atom. The van der Waals surface area contributed by atoms with Crippen molar-refractivity contribution < 1.29 is 14.1 Å². The molecule has 1 amide bonds. The fourth-order valence-electron chi connectivity index (χ4n) is 3.58. The number of hydrogen-bond acceptors (Lipinski definition) is 5. The standard InChI is InChI=1S/C19H23N3O3/c1-12(2)19-20-18(21-25-19)15-4-3-8-22(15)17(23)11-13-5-6-16-14(10-13)7-9-24-16/h5-6,10,12,15H,3-4,7-9,11H2,1-2H3/t15-/m0/s1. The van der Waals surface area contributed by atoms with Crippen LogP contribution in [0.25, 0.3) is 0 Å². The molecule has 1 saturated heterocycles. The summed E-state index contributed by atoms with van der Waals surface area (Å²) in [6.45, 7) is 5.53. The number of ether oxygens (including phenoxy) is 1. The predicted octanol–water partition coefficient (Wildman–Crippen LogP) is 3.03. The van der Waals surface area contributed by atoms with Gasteiger partial charge in [0.15, 0.2) is 5.82 Å². The van der Waals surface area contributed by atoms with Gasteiger partial charge in [-0.3, -0.25) is 4.79 Å². The van der Waals surface area contributed by atoms with Crippen molar-refractivity contribution in [3.63, 3.8) is 0 Å². The van der Waals surface area contributed by atoms with E-state index >= 15 is 0 Å². The van der Waals surface area contributed by atoms with Gasteiger partial charge in [-0.15, -0.1) is 0 Å². The Morgan fingerprint density at radius 3 is 3.08 bits per heavy atom. The molecule has 0 aliphatic carbocycles. The smallest absolute Gasteiger partial charge is 0.229 e. The minimum atomic E-state index is -0.0680. The minimum Gasteiger partial charge on any atom is -0.493 e.